The maximum Gasteiger partial charge on any atom is 0.309 e. The number of hydrogen-bond donors (Lipinski definition) is 2. The highest BCUT2D eigenvalue weighted by Gasteiger charge is 2.06. The fraction of sp³-hybridized carbons (Fsp3) is 0.222. The Kier molecular flexibility index (Phi) is 3.47. The number of carbonyl (C=O) groups is 1. The molecule has 0 amide bonds. The van der Waals surface area contributed by atoms with Crippen LogP contribution in [0.15, 0.2) is 17.0 Å². The summed E-state index contributed by atoms with van der Waals surface area (Å²) < 4.78 is 0. The minimum absolute atomic E-state index is 0.0323. The predicted molar refractivity (Wildman–Crippen MR) is 62.9 cm³/mol. The van der Waals surface area contributed by atoms with Crippen molar-refractivity contribution in [2.45, 2.75) is 13.0 Å². The van der Waals surface area contributed by atoms with Gasteiger partial charge in [0.2, 0.25) is 0 Å². The number of aromatic nitrogens is 2. The van der Waals surface area contributed by atoms with Crippen LogP contribution >= 0.6 is 22.7 Å². The molecule has 0 aliphatic rings. The third-order valence-electron chi connectivity index (χ3n) is 1.76. The van der Waals surface area contributed by atoms with E-state index in [1.165, 1.54) is 11.3 Å². The summed E-state index contributed by atoms with van der Waals surface area (Å²) in [6.07, 6.45) is 1.72. The molecule has 16 heavy (non-hydrogen) atoms. The molecule has 2 rings (SSSR count). The Balaban J connectivity index is 1.90. The molecule has 2 N–H and O–H groups in total. The van der Waals surface area contributed by atoms with E-state index in [1.54, 1.807) is 22.9 Å². The zero-order valence-corrected chi connectivity index (χ0v) is 9.85. The molecule has 0 radical (unpaired) electrons. The van der Waals surface area contributed by atoms with Crippen molar-refractivity contribution in [2.75, 3.05) is 5.32 Å². The molecule has 84 valence electrons. The fourth-order valence-electron chi connectivity index (χ4n) is 1.12. The van der Waals surface area contributed by atoms with E-state index in [1.807, 2.05) is 5.38 Å². The van der Waals surface area contributed by atoms with Gasteiger partial charge in [-0.2, -0.15) is 0 Å². The van der Waals surface area contributed by atoms with Gasteiger partial charge in [-0.25, -0.2) is 9.97 Å². The molecule has 0 fully saturated rings. The van der Waals surface area contributed by atoms with Crippen LogP contribution in [0, 0.1) is 0 Å². The minimum Gasteiger partial charge on any atom is -0.481 e. The molecule has 0 atom stereocenters. The number of anilines is 1. The Labute approximate surface area is 99.8 Å². The number of thiazole rings is 2. The molecule has 2 aromatic rings. The average molecular weight is 255 g/mol. The number of carboxylic acids is 1. The normalized spacial score (nSPS) is 10.2. The first kappa shape index (κ1) is 11.0. The van der Waals surface area contributed by atoms with E-state index in [4.69, 9.17) is 5.11 Å². The summed E-state index contributed by atoms with van der Waals surface area (Å²) in [6, 6.07) is 0. The molecule has 2 heterocycles. The van der Waals surface area contributed by atoms with Gasteiger partial charge in [0.25, 0.3) is 0 Å². The van der Waals surface area contributed by atoms with Crippen molar-refractivity contribution >= 4 is 33.8 Å². The molecule has 0 saturated carbocycles. The third kappa shape index (κ3) is 3.01. The summed E-state index contributed by atoms with van der Waals surface area (Å²) in [6.45, 7) is 0.623. The Bertz CT molecular complexity index is 467. The molecular weight excluding hydrogens is 246 g/mol. The fourth-order valence-corrected chi connectivity index (χ4v) is 2.38. The monoisotopic (exact) mass is 255 g/mol. The summed E-state index contributed by atoms with van der Waals surface area (Å²) in [7, 11) is 0. The van der Waals surface area contributed by atoms with Crippen LogP contribution in [0.4, 0.5) is 5.13 Å². The van der Waals surface area contributed by atoms with Gasteiger partial charge in [-0.1, -0.05) is 0 Å². The smallest absolute Gasteiger partial charge is 0.309 e. The van der Waals surface area contributed by atoms with Crippen molar-refractivity contribution in [3.8, 4) is 0 Å². The van der Waals surface area contributed by atoms with Gasteiger partial charge in [0, 0.05) is 17.0 Å². The molecule has 0 unspecified atom stereocenters. The van der Waals surface area contributed by atoms with E-state index >= 15 is 0 Å². The first-order valence-electron chi connectivity index (χ1n) is 4.52. The molecule has 0 aliphatic carbocycles. The van der Waals surface area contributed by atoms with E-state index < -0.39 is 5.97 Å². The largest absolute Gasteiger partial charge is 0.481 e. The maximum absolute atomic E-state index is 10.5. The van der Waals surface area contributed by atoms with Gasteiger partial charge in [0.1, 0.15) is 5.01 Å². The number of rotatable bonds is 5. The predicted octanol–water partition coefficient (Wildman–Crippen LogP) is 1.84. The van der Waals surface area contributed by atoms with Crippen LogP contribution in [0.25, 0.3) is 0 Å². The second-order valence-electron chi connectivity index (χ2n) is 2.99. The van der Waals surface area contributed by atoms with Crippen LogP contribution in [-0.2, 0) is 17.8 Å². The van der Waals surface area contributed by atoms with Crippen LogP contribution in [-0.4, -0.2) is 21.0 Å². The lowest BCUT2D eigenvalue weighted by molar-refractivity contribution is -0.136. The molecule has 0 spiro atoms. The highest BCUT2D eigenvalue weighted by Crippen LogP contribution is 2.17. The van der Waals surface area contributed by atoms with Gasteiger partial charge in [0.15, 0.2) is 5.13 Å². The van der Waals surface area contributed by atoms with Crippen molar-refractivity contribution < 1.29 is 9.90 Å². The summed E-state index contributed by atoms with van der Waals surface area (Å²) in [5, 5.41) is 17.1. The molecule has 0 aromatic carbocycles. The molecule has 0 saturated heterocycles. The second kappa shape index (κ2) is 5.04. The van der Waals surface area contributed by atoms with Gasteiger partial charge in [0.05, 0.1) is 18.7 Å². The molecular formula is C9H9N3O2S2. The zero-order chi connectivity index (χ0) is 11.4. The van der Waals surface area contributed by atoms with Crippen LogP contribution in [0.1, 0.15) is 10.7 Å². The van der Waals surface area contributed by atoms with Crippen LogP contribution in [0.3, 0.4) is 0 Å². The molecule has 7 heteroatoms. The van der Waals surface area contributed by atoms with Crippen molar-refractivity contribution in [3.63, 3.8) is 0 Å². The van der Waals surface area contributed by atoms with Crippen LogP contribution < -0.4 is 5.32 Å². The summed E-state index contributed by atoms with van der Waals surface area (Å²) in [5.41, 5.74) is 0.583. The Hall–Kier alpha value is -1.47. The quantitative estimate of drug-likeness (QED) is 0.852. The lowest BCUT2D eigenvalue weighted by Crippen LogP contribution is -2.01. The highest BCUT2D eigenvalue weighted by atomic mass is 32.1. The first-order chi connectivity index (χ1) is 7.74. The van der Waals surface area contributed by atoms with Crippen LogP contribution in [0.2, 0.25) is 0 Å². The Morgan fingerprint density at radius 1 is 1.50 bits per heavy atom. The minimum atomic E-state index is -0.864. The maximum atomic E-state index is 10.5. The average Bonchev–Trinajstić information content (AvgIpc) is 2.84. The number of hydrogen-bond acceptors (Lipinski definition) is 6. The number of aliphatic carboxylic acids is 1. The van der Waals surface area contributed by atoms with E-state index in [2.05, 4.69) is 15.3 Å². The third-order valence-corrected chi connectivity index (χ3v) is 3.39. The SMILES string of the molecule is O=C(O)Cc1csc(NCc2nccs2)n1. The summed E-state index contributed by atoms with van der Waals surface area (Å²) >= 11 is 2.97. The topological polar surface area (TPSA) is 75.1 Å². The van der Waals surface area contributed by atoms with Gasteiger partial charge in [-0.15, -0.1) is 22.7 Å². The number of nitrogens with one attached hydrogen (secondary N) is 1. The first-order valence-corrected chi connectivity index (χ1v) is 6.28. The van der Waals surface area contributed by atoms with Crippen molar-refractivity contribution in [3.05, 3.63) is 27.7 Å². The summed E-state index contributed by atoms with van der Waals surface area (Å²) in [5.74, 6) is -0.864. The lowest BCUT2D eigenvalue weighted by Gasteiger charge is -1.97. The van der Waals surface area contributed by atoms with Crippen molar-refractivity contribution in [2.24, 2.45) is 0 Å². The number of carboxylic acid groups (broad SMARTS) is 1. The Morgan fingerprint density at radius 2 is 2.38 bits per heavy atom. The molecule has 0 aliphatic heterocycles. The number of nitrogens with zero attached hydrogens (tertiary/aromatic N) is 2. The van der Waals surface area contributed by atoms with Crippen molar-refractivity contribution in [1.29, 1.82) is 0 Å². The van der Waals surface area contributed by atoms with Gasteiger partial charge >= 0.3 is 5.97 Å². The van der Waals surface area contributed by atoms with Gasteiger partial charge in [-0.3, -0.25) is 4.79 Å². The molecule has 5 nitrogen and oxygen atoms in total. The standard InChI is InChI=1S/C9H9N3O2S2/c13-8(14)3-6-5-16-9(12-6)11-4-7-10-1-2-15-7/h1-2,5H,3-4H2,(H,11,12)(H,13,14). The van der Waals surface area contributed by atoms with Crippen molar-refractivity contribution in [1.82, 2.24) is 9.97 Å². The van der Waals surface area contributed by atoms with E-state index in [9.17, 15) is 4.79 Å². The highest BCUT2D eigenvalue weighted by molar-refractivity contribution is 7.13. The van der Waals surface area contributed by atoms with Gasteiger partial charge in [-0.05, 0) is 0 Å². The van der Waals surface area contributed by atoms with E-state index in [0.717, 1.165) is 10.1 Å². The molecule has 2 aromatic heterocycles. The van der Waals surface area contributed by atoms with Crippen LogP contribution in [0.5, 0.6) is 0 Å². The Morgan fingerprint density at radius 3 is 3.06 bits per heavy atom. The lowest BCUT2D eigenvalue weighted by atomic mass is 10.3. The second-order valence-corrected chi connectivity index (χ2v) is 4.83. The van der Waals surface area contributed by atoms with E-state index in [0.29, 0.717) is 12.2 Å². The van der Waals surface area contributed by atoms with E-state index in [-0.39, 0.29) is 6.42 Å². The summed E-state index contributed by atoms with van der Waals surface area (Å²) in [4.78, 5) is 18.7. The molecule has 0 bridgehead atoms. The van der Waals surface area contributed by atoms with Gasteiger partial charge < -0.3 is 10.4 Å². The zero-order valence-electron chi connectivity index (χ0n) is 8.21.